The van der Waals surface area contributed by atoms with Gasteiger partial charge < -0.3 is 25.0 Å². The van der Waals surface area contributed by atoms with Crippen LogP contribution in [0.15, 0.2) is 47.1 Å². The zero-order valence-corrected chi connectivity index (χ0v) is 25.1. The number of amides is 3. The van der Waals surface area contributed by atoms with E-state index in [9.17, 15) is 9.59 Å². The Hall–Kier alpha value is -3.88. The number of fused-ring (bicyclic) bond motifs is 2. The highest BCUT2D eigenvalue weighted by Crippen LogP contribution is 2.34. The molecule has 1 aromatic heterocycles. The Kier molecular flexibility index (Phi) is 10.0. The molecule has 0 radical (unpaired) electrons. The first-order chi connectivity index (χ1) is 19.7. The number of benzene rings is 1. The number of carbonyl (C=O) groups excluding carboxylic acids is 2. The van der Waals surface area contributed by atoms with Gasteiger partial charge in [0.2, 0.25) is 5.91 Å². The van der Waals surface area contributed by atoms with Gasteiger partial charge in [-0.05, 0) is 71.4 Å². The number of allylic oxidation sites excluding steroid dienone is 3. The zero-order valence-electron chi connectivity index (χ0n) is 25.1. The van der Waals surface area contributed by atoms with Gasteiger partial charge >= 0.3 is 6.03 Å². The lowest BCUT2D eigenvalue weighted by Crippen LogP contribution is -2.51. The maximum absolute atomic E-state index is 13.2. The third kappa shape index (κ3) is 7.65. The Morgan fingerprint density at radius 3 is 2.76 bits per heavy atom. The van der Waals surface area contributed by atoms with Crippen LogP contribution in [0.1, 0.15) is 64.1 Å². The lowest BCUT2D eigenvalue weighted by atomic mass is 10.1. The summed E-state index contributed by atoms with van der Waals surface area (Å²) in [6.45, 7) is 8.65. The Morgan fingerprint density at radius 1 is 1.20 bits per heavy atom. The standard InChI is InChI=1S/C32H43N5O4/c1-7-20(2)33-22(4)26-19-29(24-13-14-28(40-6)21(3)30(24)34-26)41-17-15-25-31(38)35-27-18-23(27)12-10-8-9-11-16-37(5)32(39)36-25/h7,10,12-14,19,23,25,27H,8-9,11,15-18H2,1-6H3,(H,35,38)(H,36,39)/b12-10-,20-7-,33-22?/t23-,25?,27?/m1/s1. The molecule has 1 saturated carbocycles. The second-order valence-electron chi connectivity index (χ2n) is 10.9. The van der Waals surface area contributed by atoms with Crippen LogP contribution in [-0.2, 0) is 4.79 Å². The third-order valence-corrected chi connectivity index (χ3v) is 7.79. The Morgan fingerprint density at radius 2 is 2.00 bits per heavy atom. The van der Waals surface area contributed by atoms with E-state index in [0.29, 0.717) is 30.3 Å². The minimum atomic E-state index is -0.715. The molecule has 220 valence electrons. The monoisotopic (exact) mass is 561 g/mol. The SMILES string of the molecule is C/C=C(/C)N=C(C)c1cc(OCCC2NC(=O)N(C)CCCC/C=C\[C@@H]3CC3NC2=O)c2ccc(OC)c(C)c2n1. The minimum Gasteiger partial charge on any atom is -0.496 e. The van der Waals surface area contributed by atoms with Crippen LogP contribution in [0.4, 0.5) is 4.79 Å². The Bertz CT molecular complexity index is 1370. The zero-order chi connectivity index (χ0) is 29.5. The highest BCUT2D eigenvalue weighted by molar-refractivity contribution is 6.01. The van der Waals surface area contributed by atoms with Crippen LogP contribution in [0.2, 0.25) is 0 Å². The Balaban J connectivity index is 1.57. The van der Waals surface area contributed by atoms with Gasteiger partial charge in [0.05, 0.1) is 30.6 Å². The van der Waals surface area contributed by atoms with Crippen molar-refractivity contribution in [2.75, 3.05) is 27.3 Å². The molecule has 2 unspecified atom stereocenters. The normalized spacial score (nSPS) is 23.3. The van der Waals surface area contributed by atoms with Gasteiger partial charge in [0.1, 0.15) is 17.5 Å². The van der Waals surface area contributed by atoms with Gasteiger partial charge in [0.15, 0.2) is 0 Å². The summed E-state index contributed by atoms with van der Waals surface area (Å²) in [5.41, 5.74) is 4.03. The predicted octanol–water partition coefficient (Wildman–Crippen LogP) is 5.31. The molecular formula is C32H43N5O4. The van der Waals surface area contributed by atoms with E-state index < -0.39 is 6.04 Å². The molecule has 1 aliphatic heterocycles. The molecule has 9 nitrogen and oxygen atoms in total. The molecule has 0 spiro atoms. The van der Waals surface area contributed by atoms with E-state index >= 15 is 0 Å². The summed E-state index contributed by atoms with van der Waals surface area (Å²) in [7, 11) is 3.40. The maximum atomic E-state index is 13.2. The van der Waals surface area contributed by atoms with E-state index in [1.807, 2.05) is 52.0 Å². The number of aliphatic imine (C=N–C) groups is 1. The molecule has 4 rings (SSSR count). The van der Waals surface area contributed by atoms with Crippen molar-refractivity contribution in [3.05, 3.63) is 53.4 Å². The number of pyridine rings is 1. The van der Waals surface area contributed by atoms with Gasteiger partial charge in [0.25, 0.3) is 0 Å². The quantitative estimate of drug-likeness (QED) is 0.352. The van der Waals surface area contributed by atoms with Gasteiger partial charge in [-0.25, -0.2) is 9.78 Å². The first kappa shape index (κ1) is 30.1. The summed E-state index contributed by atoms with van der Waals surface area (Å²) in [4.78, 5) is 37.4. The van der Waals surface area contributed by atoms with E-state index in [1.165, 1.54) is 0 Å². The van der Waals surface area contributed by atoms with Crippen LogP contribution < -0.4 is 20.1 Å². The van der Waals surface area contributed by atoms with Gasteiger partial charge in [-0.3, -0.25) is 9.79 Å². The number of nitrogens with zero attached hydrogens (tertiary/aromatic N) is 3. The molecule has 1 aliphatic carbocycles. The second kappa shape index (κ2) is 13.7. The number of hydrogen-bond acceptors (Lipinski definition) is 6. The number of rotatable bonds is 7. The first-order valence-electron chi connectivity index (χ1n) is 14.5. The van der Waals surface area contributed by atoms with Crippen molar-refractivity contribution < 1.29 is 19.1 Å². The van der Waals surface area contributed by atoms with E-state index in [0.717, 1.165) is 59.3 Å². The smallest absolute Gasteiger partial charge is 0.317 e. The fourth-order valence-electron chi connectivity index (χ4n) is 4.97. The largest absolute Gasteiger partial charge is 0.496 e. The number of hydrogen-bond donors (Lipinski definition) is 2. The fourth-order valence-corrected chi connectivity index (χ4v) is 4.97. The molecule has 1 aromatic carbocycles. The lowest BCUT2D eigenvalue weighted by molar-refractivity contribution is -0.123. The van der Waals surface area contributed by atoms with Crippen molar-refractivity contribution in [2.24, 2.45) is 10.9 Å². The fraction of sp³-hybridized carbons (Fsp3) is 0.500. The van der Waals surface area contributed by atoms with E-state index in [4.69, 9.17) is 14.5 Å². The van der Waals surface area contributed by atoms with Crippen LogP contribution in [0.3, 0.4) is 0 Å². The second-order valence-corrected chi connectivity index (χ2v) is 10.9. The molecule has 2 aromatic rings. The van der Waals surface area contributed by atoms with Crippen LogP contribution in [-0.4, -0.2) is 66.9 Å². The van der Waals surface area contributed by atoms with Crippen molar-refractivity contribution in [1.82, 2.24) is 20.5 Å². The van der Waals surface area contributed by atoms with E-state index in [2.05, 4.69) is 27.8 Å². The van der Waals surface area contributed by atoms with Gasteiger partial charge in [-0.1, -0.05) is 18.2 Å². The number of methoxy groups -OCH3 is 1. The maximum Gasteiger partial charge on any atom is 0.317 e. The van der Waals surface area contributed by atoms with Crippen molar-refractivity contribution in [3.8, 4) is 11.5 Å². The number of ether oxygens (including phenoxy) is 2. The summed E-state index contributed by atoms with van der Waals surface area (Å²) in [5.74, 6) is 1.57. The van der Waals surface area contributed by atoms with Crippen molar-refractivity contribution >= 4 is 28.6 Å². The summed E-state index contributed by atoms with van der Waals surface area (Å²) in [6, 6.07) is 4.87. The third-order valence-electron chi connectivity index (χ3n) is 7.79. The molecular weight excluding hydrogens is 518 g/mol. The minimum absolute atomic E-state index is 0.118. The number of aryl methyl sites for hydroxylation is 1. The molecule has 2 aliphatic rings. The van der Waals surface area contributed by atoms with E-state index in [1.54, 1.807) is 19.1 Å². The molecule has 1 fully saturated rings. The summed E-state index contributed by atoms with van der Waals surface area (Å²) in [5, 5.41) is 6.90. The van der Waals surface area contributed by atoms with Crippen molar-refractivity contribution in [1.29, 1.82) is 0 Å². The molecule has 9 heteroatoms. The molecule has 3 amide bonds. The van der Waals surface area contributed by atoms with Crippen LogP contribution >= 0.6 is 0 Å². The van der Waals surface area contributed by atoms with Crippen molar-refractivity contribution in [3.63, 3.8) is 0 Å². The van der Waals surface area contributed by atoms with Crippen molar-refractivity contribution in [2.45, 2.75) is 71.9 Å². The number of nitrogens with one attached hydrogen (secondary N) is 2. The average Bonchev–Trinajstić information content (AvgIpc) is 3.70. The molecule has 2 heterocycles. The molecule has 0 saturated heterocycles. The van der Waals surface area contributed by atoms with E-state index in [-0.39, 0.29) is 24.6 Å². The van der Waals surface area contributed by atoms with Gasteiger partial charge in [0, 0.05) is 48.8 Å². The topological polar surface area (TPSA) is 105 Å². The molecule has 0 bridgehead atoms. The predicted molar refractivity (Wildman–Crippen MR) is 163 cm³/mol. The number of urea groups is 1. The number of carbonyl (C=O) groups is 2. The van der Waals surface area contributed by atoms with Gasteiger partial charge in [-0.2, -0.15) is 0 Å². The molecule has 2 N–H and O–H groups in total. The molecule has 41 heavy (non-hydrogen) atoms. The summed E-state index contributed by atoms with van der Waals surface area (Å²) >= 11 is 0. The first-order valence-corrected chi connectivity index (χ1v) is 14.5. The average molecular weight is 562 g/mol. The number of aromatic nitrogens is 1. The van der Waals surface area contributed by atoms with Crippen LogP contribution in [0, 0.1) is 12.8 Å². The Labute approximate surface area is 243 Å². The highest BCUT2D eigenvalue weighted by Gasteiger charge is 2.37. The van der Waals surface area contributed by atoms with Crippen LogP contribution in [0.5, 0.6) is 11.5 Å². The summed E-state index contributed by atoms with van der Waals surface area (Å²) in [6.07, 6.45) is 10.5. The molecule has 3 atom stereocenters. The summed E-state index contributed by atoms with van der Waals surface area (Å²) < 4.78 is 11.9. The van der Waals surface area contributed by atoms with Crippen LogP contribution in [0.25, 0.3) is 10.9 Å². The van der Waals surface area contributed by atoms with Gasteiger partial charge in [-0.15, -0.1) is 0 Å². The lowest BCUT2D eigenvalue weighted by Gasteiger charge is -2.24. The highest BCUT2D eigenvalue weighted by atomic mass is 16.5.